The Hall–Kier alpha value is -1.95. The fourth-order valence-corrected chi connectivity index (χ4v) is 3.35. The third-order valence-electron chi connectivity index (χ3n) is 3.85. The number of hydrogen-bond donors (Lipinski definition) is 1. The number of carbonyl (C=O) groups is 1. The van der Waals surface area contributed by atoms with Gasteiger partial charge in [0, 0.05) is 23.8 Å². The molecule has 0 fully saturated rings. The van der Waals surface area contributed by atoms with E-state index < -0.39 is 5.41 Å². The van der Waals surface area contributed by atoms with Gasteiger partial charge in [-0.15, -0.1) is 5.10 Å². The average Bonchev–Trinajstić information content (AvgIpc) is 2.98. The lowest BCUT2D eigenvalue weighted by Crippen LogP contribution is -2.36. The van der Waals surface area contributed by atoms with Crippen molar-refractivity contribution in [2.24, 2.45) is 0 Å². The highest BCUT2D eigenvalue weighted by Gasteiger charge is 2.43. The predicted octanol–water partition coefficient (Wildman–Crippen LogP) is 2.79. The first-order valence-electron chi connectivity index (χ1n) is 7.02. The Kier molecular flexibility index (Phi) is 3.41. The van der Waals surface area contributed by atoms with Gasteiger partial charge in [-0.1, -0.05) is 22.7 Å². The lowest BCUT2D eigenvalue weighted by atomic mass is 9.86. The molecule has 0 aliphatic carbocycles. The summed E-state index contributed by atoms with van der Waals surface area (Å²) in [5.74, 6) is 0.110. The monoisotopic (exact) mass is 302 g/mol. The summed E-state index contributed by atoms with van der Waals surface area (Å²) in [6, 6.07) is 7.96. The van der Waals surface area contributed by atoms with Crippen molar-refractivity contribution < 1.29 is 4.79 Å². The van der Waals surface area contributed by atoms with Gasteiger partial charge in [-0.05, 0) is 32.4 Å². The first-order valence-corrected chi connectivity index (χ1v) is 7.79. The maximum Gasteiger partial charge on any atom is 0.237 e. The van der Waals surface area contributed by atoms with Gasteiger partial charge >= 0.3 is 0 Å². The van der Waals surface area contributed by atoms with Gasteiger partial charge in [-0.2, -0.15) is 0 Å². The Morgan fingerprint density at radius 2 is 2.10 bits per heavy atom. The van der Waals surface area contributed by atoms with Crippen LogP contribution in [0.15, 0.2) is 24.3 Å². The fraction of sp³-hybridized carbons (Fsp3) is 0.400. The molecule has 0 saturated heterocycles. The molecule has 0 atom stereocenters. The predicted molar refractivity (Wildman–Crippen MR) is 84.7 cm³/mol. The van der Waals surface area contributed by atoms with E-state index in [0.29, 0.717) is 6.54 Å². The summed E-state index contributed by atoms with van der Waals surface area (Å²) in [5, 5.41) is 8.35. The highest BCUT2D eigenvalue weighted by atomic mass is 32.1. The molecular formula is C15H18N4OS. The molecule has 21 heavy (non-hydrogen) atoms. The van der Waals surface area contributed by atoms with Crippen molar-refractivity contribution in [3.8, 4) is 0 Å². The molecule has 1 aromatic carbocycles. The molecule has 110 valence electrons. The smallest absolute Gasteiger partial charge is 0.237 e. The normalized spacial score (nSPS) is 16.1. The minimum Gasteiger partial charge on any atom is -0.374 e. The van der Waals surface area contributed by atoms with Gasteiger partial charge in [-0.3, -0.25) is 4.79 Å². The van der Waals surface area contributed by atoms with Crippen molar-refractivity contribution in [3.05, 3.63) is 35.5 Å². The van der Waals surface area contributed by atoms with Gasteiger partial charge in [0.05, 0.1) is 12.0 Å². The quantitative estimate of drug-likeness (QED) is 0.943. The summed E-state index contributed by atoms with van der Waals surface area (Å²) in [6.45, 7) is 7.24. The van der Waals surface area contributed by atoms with E-state index >= 15 is 0 Å². The van der Waals surface area contributed by atoms with Crippen molar-refractivity contribution in [1.82, 2.24) is 9.59 Å². The first-order chi connectivity index (χ1) is 10.1. The molecule has 2 heterocycles. The largest absolute Gasteiger partial charge is 0.374 e. The lowest BCUT2D eigenvalue weighted by molar-refractivity contribution is -0.122. The number of rotatable bonds is 4. The number of aromatic nitrogens is 2. The molecule has 1 amide bonds. The van der Waals surface area contributed by atoms with Gasteiger partial charge in [0.2, 0.25) is 5.91 Å². The highest BCUT2D eigenvalue weighted by molar-refractivity contribution is 7.10. The van der Waals surface area contributed by atoms with Crippen LogP contribution in [0.4, 0.5) is 10.7 Å². The number of benzene rings is 1. The molecule has 5 nitrogen and oxygen atoms in total. The summed E-state index contributed by atoms with van der Waals surface area (Å²) in [6.07, 6.45) is 0. The maximum atomic E-state index is 12.7. The molecule has 0 spiro atoms. The van der Waals surface area contributed by atoms with E-state index in [1.54, 1.807) is 0 Å². The Labute approximate surface area is 128 Å². The molecule has 0 radical (unpaired) electrons. The third-order valence-corrected chi connectivity index (χ3v) is 4.57. The summed E-state index contributed by atoms with van der Waals surface area (Å²) in [4.78, 5) is 14.6. The van der Waals surface area contributed by atoms with E-state index in [2.05, 4.69) is 14.9 Å². The molecule has 1 aliphatic rings. The van der Waals surface area contributed by atoms with E-state index in [4.69, 9.17) is 0 Å². The number of para-hydroxylation sites is 1. The molecule has 1 aromatic heterocycles. The molecule has 3 rings (SSSR count). The number of fused-ring (bicyclic) bond motifs is 1. The highest BCUT2D eigenvalue weighted by Crippen LogP contribution is 2.42. The average molecular weight is 302 g/mol. The van der Waals surface area contributed by atoms with Crippen LogP contribution in [0.2, 0.25) is 0 Å². The second-order valence-electron chi connectivity index (χ2n) is 5.61. The van der Waals surface area contributed by atoms with E-state index in [-0.39, 0.29) is 5.91 Å². The van der Waals surface area contributed by atoms with Crippen LogP contribution < -0.4 is 10.2 Å². The summed E-state index contributed by atoms with van der Waals surface area (Å²) >= 11 is 1.33. The van der Waals surface area contributed by atoms with Crippen LogP contribution in [-0.2, 0) is 16.8 Å². The molecule has 1 N–H and O–H groups in total. The fourth-order valence-electron chi connectivity index (χ4n) is 2.71. The number of carbonyl (C=O) groups excluding carboxylic acids is 1. The van der Waals surface area contributed by atoms with Gasteiger partial charge in [0.15, 0.2) is 0 Å². The second kappa shape index (κ2) is 5.11. The van der Waals surface area contributed by atoms with Crippen LogP contribution in [0.5, 0.6) is 0 Å². The molecule has 0 bridgehead atoms. The van der Waals surface area contributed by atoms with Crippen molar-refractivity contribution in [1.29, 1.82) is 0 Å². The Balaban J connectivity index is 1.96. The Morgan fingerprint density at radius 3 is 2.86 bits per heavy atom. The van der Waals surface area contributed by atoms with Crippen LogP contribution >= 0.6 is 11.5 Å². The van der Waals surface area contributed by atoms with E-state index in [1.807, 2.05) is 49.9 Å². The molecule has 0 unspecified atom stereocenters. The molecular weight excluding hydrogens is 284 g/mol. The van der Waals surface area contributed by atoms with Crippen LogP contribution in [0.1, 0.15) is 32.0 Å². The number of anilines is 2. The standard InChI is InChI=1S/C15H18N4OS/c1-4-16-13-11(17-18-21-13)9-19-12-8-6-5-7-10(12)15(2,3)14(19)20/h5-8,16H,4,9H2,1-3H3. The van der Waals surface area contributed by atoms with Crippen molar-refractivity contribution >= 4 is 28.1 Å². The SMILES string of the molecule is CCNc1snnc1CN1C(=O)C(C)(C)c2ccccc21. The third kappa shape index (κ3) is 2.19. The van der Waals surface area contributed by atoms with Gasteiger partial charge in [-0.25, -0.2) is 0 Å². The van der Waals surface area contributed by atoms with E-state index in [9.17, 15) is 4.79 Å². The molecule has 1 aliphatic heterocycles. The van der Waals surface area contributed by atoms with Crippen LogP contribution in [0.3, 0.4) is 0 Å². The number of nitrogens with zero attached hydrogens (tertiary/aromatic N) is 3. The topological polar surface area (TPSA) is 58.1 Å². The molecule has 6 heteroatoms. The van der Waals surface area contributed by atoms with Crippen molar-refractivity contribution in [2.75, 3.05) is 16.8 Å². The van der Waals surface area contributed by atoms with Crippen molar-refractivity contribution in [3.63, 3.8) is 0 Å². The number of hydrogen-bond acceptors (Lipinski definition) is 5. The molecule has 0 saturated carbocycles. The first kappa shape index (κ1) is 14.0. The Bertz CT molecular complexity index is 680. The second-order valence-corrected chi connectivity index (χ2v) is 6.37. The minimum atomic E-state index is -0.488. The van der Waals surface area contributed by atoms with E-state index in [0.717, 1.165) is 28.5 Å². The zero-order valence-electron chi connectivity index (χ0n) is 12.4. The van der Waals surface area contributed by atoms with Crippen LogP contribution in [-0.4, -0.2) is 22.0 Å². The number of amides is 1. The Morgan fingerprint density at radius 1 is 1.33 bits per heavy atom. The maximum absolute atomic E-state index is 12.7. The van der Waals surface area contributed by atoms with Crippen LogP contribution in [0.25, 0.3) is 0 Å². The van der Waals surface area contributed by atoms with Crippen LogP contribution in [0, 0.1) is 0 Å². The van der Waals surface area contributed by atoms with Crippen molar-refractivity contribution in [2.45, 2.75) is 32.7 Å². The molecule has 2 aromatic rings. The van der Waals surface area contributed by atoms with Gasteiger partial charge < -0.3 is 10.2 Å². The summed E-state index contributed by atoms with van der Waals surface area (Å²) in [5.41, 5.74) is 2.38. The lowest BCUT2D eigenvalue weighted by Gasteiger charge is -2.19. The zero-order chi connectivity index (χ0) is 15.0. The zero-order valence-corrected chi connectivity index (χ0v) is 13.2. The minimum absolute atomic E-state index is 0.110. The van der Waals surface area contributed by atoms with E-state index in [1.165, 1.54) is 11.5 Å². The van der Waals surface area contributed by atoms with Gasteiger partial charge in [0.1, 0.15) is 10.7 Å². The van der Waals surface area contributed by atoms with Gasteiger partial charge in [0.25, 0.3) is 0 Å². The summed E-state index contributed by atoms with van der Waals surface area (Å²) in [7, 11) is 0. The number of nitrogens with one attached hydrogen (secondary N) is 1. The summed E-state index contributed by atoms with van der Waals surface area (Å²) < 4.78 is 3.99.